The van der Waals surface area contributed by atoms with Crippen LogP contribution in [0.25, 0.3) is 0 Å². The molecule has 0 spiro atoms. The highest BCUT2D eigenvalue weighted by Crippen LogP contribution is 2.40. The van der Waals surface area contributed by atoms with Crippen molar-refractivity contribution in [2.24, 2.45) is 0 Å². The second kappa shape index (κ2) is 16.5. The third-order valence-corrected chi connectivity index (χ3v) is 21.6. The number of phenols is 2. The summed E-state index contributed by atoms with van der Waals surface area (Å²) in [5.41, 5.74) is 4.77. The average Bonchev–Trinajstić information content (AvgIpc) is 3.08. The van der Waals surface area contributed by atoms with E-state index in [4.69, 9.17) is 0 Å². The monoisotopic (exact) mass is 768 g/mol. The molecule has 1 fully saturated rings. The summed E-state index contributed by atoms with van der Waals surface area (Å²) in [6.07, 6.45) is 7.52. The Labute approximate surface area is 326 Å². The predicted octanol–water partition coefficient (Wildman–Crippen LogP) is 10.6. The van der Waals surface area contributed by atoms with E-state index in [0.29, 0.717) is 22.0 Å². The van der Waals surface area contributed by atoms with Crippen LogP contribution in [0.15, 0.2) is 84.9 Å². The highest BCUT2D eigenvalue weighted by atomic mass is 32.2. The number of aromatic hydroxyl groups is 2. The fourth-order valence-electron chi connectivity index (χ4n) is 7.64. The van der Waals surface area contributed by atoms with Crippen molar-refractivity contribution in [2.75, 3.05) is 0 Å². The van der Waals surface area contributed by atoms with Crippen molar-refractivity contribution in [3.8, 4) is 11.5 Å². The highest BCUT2D eigenvalue weighted by Gasteiger charge is 2.34. The topological polar surface area (TPSA) is 40.5 Å². The van der Waals surface area contributed by atoms with E-state index in [1.807, 2.05) is 0 Å². The largest absolute Gasteiger partial charge is 0.508 e. The van der Waals surface area contributed by atoms with E-state index in [2.05, 4.69) is 176 Å². The standard InChI is InChI=1S/C46H64O2S2Si2/c1-45(2,3)35-27-33(43(47)41(29-35)51(7,8)37-21-15-13-16-22-37)31-49-39-25-19-11-12-20-26-40(39)50-32-34-28-36(46(4,5)6)30-42(44(34)48)52(9,10)38-23-17-14-18-24-38/h13-18,21-24,27-30,39-40,47-48H,11-12,19-20,25-26,31-32H2,1-10H3/t39-,40?/m0/s1. The number of hydrogen-bond acceptors (Lipinski definition) is 4. The van der Waals surface area contributed by atoms with Gasteiger partial charge in [0.05, 0.1) is 0 Å². The molecule has 4 aromatic carbocycles. The molecule has 0 aromatic heterocycles. The number of rotatable bonds is 10. The van der Waals surface area contributed by atoms with Crippen LogP contribution in [0.1, 0.15) is 102 Å². The van der Waals surface area contributed by atoms with Crippen LogP contribution in [0.5, 0.6) is 11.5 Å². The number of phenolic OH excluding ortho intramolecular Hbond substituents is 2. The first-order valence-electron chi connectivity index (χ1n) is 19.5. The second-order valence-corrected chi connectivity index (χ2v) is 29.4. The quantitative estimate of drug-likeness (QED) is 0.158. The number of thioether (sulfide) groups is 2. The zero-order valence-corrected chi connectivity index (χ0v) is 37.2. The van der Waals surface area contributed by atoms with E-state index in [1.165, 1.54) is 60.0 Å². The van der Waals surface area contributed by atoms with Gasteiger partial charge in [-0.3, -0.25) is 0 Å². The maximum Gasteiger partial charge on any atom is 0.119 e. The third kappa shape index (κ3) is 9.45. The molecule has 0 amide bonds. The van der Waals surface area contributed by atoms with Crippen molar-refractivity contribution >= 4 is 60.4 Å². The van der Waals surface area contributed by atoms with Gasteiger partial charge in [-0.25, -0.2) is 0 Å². The zero-order valence-electron chi connectivity index (χ0n) is 33.6. The molecule has 0 aliphatic heterocycles. The second-order valence-electron chi connectivity index (χ2n) is 18.2. The molecule has 1 saturated carbocycles. The average molecular weight is 769 g/mol. The van der Waals surface area contributed by atoms with E-state index >= 15 is 0 Å². The molecule has 0 radical (unpaired) electrons. The Bertz CT molecular complexity index is 1660. The first kappa shape index (κ1) is 40.8. The fraction of sp³-hybridized carbons (Fsp3) is 0.478. The molecule has 1 unspecified atom stereocenters. The lowest BCUT2D eigenvalue weighted by molar-refractivity contribution is 0.472. The van der Waals surface area contributed by atoms with Crippen LogP contribution in [0, 0.1) is 0 Å². The Hall–Kier alpha value is -2.39. The van der Waals surface area contributed by atoms with Gasteiger partial charge in [0.1, 0.15) is 27.6 Å². The molecule has 1 aliphatic rings. The maximum absolute atomic E-state index is 12.0. The Kier molecular flexibility index (Phi) is 13.0. The molecule has 4 aromatic rings. The molecule has 52 heavy (non-hydrogen) atoms. The first-order valence-corrected chi connectivity index (χ1v) is 27.6. The summed E-state index contributed by atoms with van der Waals surface area (Å²) in [5, 5.41) is 30.0. The summed E-state index contributed by atoms with van der Waals surface area (Å²) < 4.78 is 0. The van der Waals surface area contributed by atoms with E-state index < -0.39 is 16.1 Å². The van der Waals surface area contributed by atoms with Crippen LogP contribution in [0.4, 0.5) is 0 Å². The van der Waals surface area contributed by atoms with Gasteiger partial charge in [-0.15, -0.1) is 0 Å². The first-order chi connectivity index (χ1) is 24.4. The van der Waals surface area contributed by atoms with Gasteiger partial charge in [0.25, 0.3) is 0 Å². The van der Waals surface area contributed by atoms with Crippen molar-refractivity contribution in [1.82, 2.24) is 0 Å². The minimum absolute atomic E-state index is 0.0119. The molecule has 280 valence electrons. The molecule has 1 aliphatic carbocycles. The van der Waals surface area contributed by atoms with Crippen LogP contribution in [0.3, 0.4) is 0 Å². The van der Waals surface area contributed by atoms with E-state index in [1.54, 1.807) is 0 Å². The number of benzene rings is 4. The highest BCUT2D eigenvalue weighted by molar-refractivity contribution is 8.03. The van der Waals surface area contributed by atoms with Crippen molar-refractivity contribution in [3.63, 3.8) is 0 Å². The smallest absolute Gasteiger partial charge is 0.119 e. The summed E-state index contributed by atoms with van der Waals surface area (Å²) in [6.45, 7) is 23.2. The van der Waals surface area contributed by atoms with Crippen LogP contribution in [-0.4, -0.2) is 36.9 Å². The summed E-state index contributed by atoms with van der Waals surface area (Å²) in [7, 11) is -4.27. The van der Waals surface area contributed by atoms with E-state index in [-0.39, 0.29) is 10.8 Å². The SMILES string of the molecule is CC(C)(C)c1cc(CSC2CCCCCC[C@@H]2SCc2cc(C(C)(C)C)cc([Si](C)(C)c3ccccc3)c2O)c(O)c([Si](C)(C)c2ccccc2)c1. The van der Waals surface area contributed by atoms with Gasteiger partial charge in [-0.2, -0.15) is 23.5 Å². The molecule has 0 heterocycles. The van der Waals surface area contributed by atoms with Crippen LogP contribution >= 0.6 is 23.5 Å². The predicted molar refractivity (Wildman–Crippen MR) is 238 cm³/mol. The van der Waals surface area contributed by atoms with Crippen molar-refractivity contribution in [3.05, 3.63) is 107 Å². The summed E-state index contributed by atoms with van der Waals surface area (Å²) in [5.74, 6) is 2.65. The van der Waals surface area contributed by atoms with E-state index in [9.17, 15) is 10.2 Å². The van der Waals surface area contributed by atoms with E-state index in [0.717, 1.165) is 33.0 Å². The lowest BCUT2D eigenvalue weighted by Crippen LogP contribution is -2.53. The lowest BCUT2D eigenvalue weighted by Gasteiger charge is -2.32. The van der Waals surface area contributed by atoms with Gasteiger partial charge in [0, 0.05) is 33.1 Å². The Morgan fingerprint density at radius 2 is 0.885 bits per heavy atom. The molecule has 5 rings (SSSR count). The van der Waals surface area contributed by atoms with Crippen molar-refractivity contribution in [2.45, 2.75) is 139 Å². The molecule has 2 N–H and O–H groups in total. The molecular formula is C46H64O2S2Si2. The van der Waals surface area contributed by atoms with Crippen molar-refractivity contribution in [1.29, 1.82) is 0 Å². The summed E-state index contributed by atoms with van der Waals surface area (Å²) in [6, 6.07) is 30.8. The third-order valence-electron chi connectivity index (χ3n) is 11.5. The van der Waals surface area contributed by atoms with Crippen molar-refractivity contribution < 1.29 is 10.2 Å². The van der Waals surface area contributed by atoms with Gasteiger partial charge in [-0.1, -0.05) is 189 Å². The van der Waals surface area contributed by atoms with Gasteiger partial charge in [0.2, 0.25) is 0 Å². The van der Waals surface area contributed by atoms with Crippen LogP contribution in [-0.2, 0) is 22.3 Å². The maximum atomic E-state index is 12.0. The Morgan fingerprint density at radius 3 is 1.21 bits per heavy atom. The fourth-order valence-corrected chi connectivity index (χ4v) is 15.9. The minimum Gasteiger partial charge on any atom is -0.508 e. The Morgan fingerprint density at radius 1 is 0.538 bits per heavy atom. The van der Waals surface area contributed by atoms with Gasteiger partial charge >= 0.3 is 0 Å². The molecule has 2 nitrogen and oxygen atoms in total. The molecule has 2 atom stereocenters. The van der Waals surface area contributed by atoms with Gasteiger partial charge in [-0.05, 0) is 45.2 Å². The normalized spacial score (nSPS) is 17.8. The molecule has 0 bridgehead atoms. The van der Waals surface area contributed by atoms with Gasteiger partial charge < -0.3 is 10.2 Å². The lowest BCUT2D eigenvalue weighted by atomic mass is 9.86. The Balaban J connectivity index is 1.44. The van der Waals surface area contributed by atoms with Crippen LogP contribution in [0.2, 0.25) is 26.2 Å². The van der Waals surface area contributed by atoms with Gasteiger partial charge in [0.15, 0.2) is 0 Å². The minimum atomic E-state index is -2.14. The molecule has 6 heteroatoms. The molecular weight excluding hydrogens is 705 g/mol. The summed E-state index contributed by atoms with van der Waals surface area (Å²) in [4.78, 5) is 0. The summed E-state index contributed by atoms with van der Waals surface area (Å²) >= 11 is 4.12. The molecule has 0 saturated heterocycles. The van der Waals surface area contributed by atoms with Crippen LogP contribution < -0.4 is 20.7 Å². The number of hydrogen-bond donors (Lipinski definition) is 2. The zero-order chi connectivity index (χ0) is 37.9.